The molecule has 0 aliphatic carbocycles. The van der Waals surface area contributed by atoms with Gasteiger partial charge in [-0.2, -0.15) is 0 Å². The van der Waals surface area contributed by atoms with Gasteiger partial charge in [0.2, 0.25) is 0 Å². The van der Waals surface area contributed by atoms with Crippen molar-refractivity contribution in [3.05, 3.63) is 107 Å². The van der Waals surface area contributed by atoms with Crippen molar-refractivity contribution in [2.45, 2.75) is 6.92 Å². The quantitative estimate of drug-likeness (QED) is 0.485. The standard InChI is InChI=1S/C25H18N4O2/c1-16-26-22-14-8-6-12-19(22)25(31)29(16)28-24(30)20-15-23(17-9-3-2-4-10-17)27-21-13-7-5-11-18(20)21/h2-15H,1H3,(H,28,30). The Morgan fingerprint density at radius 3 is 2.16 bits per heavy atom. The molecule has 3 aromatic carbocycles. The highest BCUT2D eigenvalue weighted by molar-refractivity contribution is 6.10. The first-order valence-electron chi connectivity index (χ1n) is 9.87. The molecule has 0 atom stereocenters. The summed E-state index contributed by atoms with van der Waals surface area (Å²) in [5.74, 6) is -0.00300. The lowest BCUT2D eigenvalue weighted by Gasteiger charge is -2.14. The first-order chi connectivity index (χ1) is 15.1. The molecule has 0 spiro atoms. The lowest BCUT2D eigenvalue weighted by atomic mass is 10.0. The Bertz CT molecular complexity index is 1510. The summed E-state index contributed by atoms with van der Waals surface area (Å²) in [5.41, 5.74) is 5.73. The average Bonchev–Trinajstić information content (AvgIpc) is 2.81. The van der Waals surface area contributed by atoms with Gasteiger partial charge in [-0.05, 0) is 31.2 Å². The molecule has 5 rings (SSSR count). The number of amides is 1. The first-order valence-corrected chi connectivity index (χ1v) is 9.87. The van der Waals surface area contributed by atoms with E-state index < -0.39 is 5.91 Å². The zero-order chi connectivity index (χ0) is 21.4. The average molecular weight is 406 g/mol. The first kappa shape index (κ1) is 18.7. The molecular weight excluding hydrogens is 388 g/mol. The van der Waals surface area contributed by atoms with Crippen LogP contribution >= 0.6 is 0 Å². The third-order valence-electron chi connectivity index (χ3n) is 5.19. The summed E-state index contributed by atoms with van der Waals surface area (Å²) in [6.07, 6.45) is 0. The van der Waals surface area contributed by atoms with Crippen LogP contribution in [0.3, 0.4) is 0 Å². The Morgan fingerprint density at radius 1 is 0.806 bits per heavy atom. The fourth-order valence-electron chi connectivity index (χ4n) is 3.66. The van der Waals surface area contributed by atoms with Crippen molar-refractivity contribution in [1.29, 1.82) is 0 Å². The van der Waals surface area contributed by atoms with Crippen molar-refractivity contribution in [2.75, 3.05) is 5.43 Å². The number of carbonyl (C=O) groups excluding carboxylic acids is 1. The summed E-state index contributed by atoms with van der Waals surface area (Å²) in [5, 5.41) is 1.15. The lowest BCUT2D eigenvalue weighted by molar-refractivity contribution is 0.101. The maximum atomic E-state index is 13.3. The molecule has 1 N–H and O–H groups in total. The Kier molecular flexibility index (Phi) is 4.52. The van der Waals surface area contributed by atoms with E-state index in [1.54, 1.807) is 31.2 Å². The Labute approximate surface area is 177 Å². The number of para-hydroxylation sites is 2. The normalized spacial score (nSPS) is 11.0. The van der Waals surface area contributed by atoms with Crippen molar-refractivity contribution in [2.24, 2.45) is 0 Å². The van der Waals surface area contributed by atoms with Crippen molar-refractivity contribution >= 4 is 27.7 Å². The number of aromatic nitrogens is 3. The SMILES string of the molecule is Cc1nc2ccccc2c(=O)n1NC(=O)c1cc(-c2ccccc2)nc2ccccc12. The molecular formula is C25H18N4O2. The summed E-state index contributed by atoms with van der Waals surface area (Å²) < 4.78 is 1.20. The number of rotatable bonds is 3. The van der Waals surface area contributed by atoms with E-state index in [4.69, 9.17) is 4.98 Å². The molecule has 0 saturated heterocycles. The van der Waals surface area contributed by atoms with Crippen LogP contribution in [0, 0.1) is 6.92 Å². The van der Waals surface area contributed by atoms with Gasteiger partial charge in [0.25, 0.3) is 11.5 Å². The van der Waals surface area contributed by atoms with Gasteiger partial charge >= 0.3 is 0 Å². The van der Waals surface area contributed by atoms with Gasteiger partial charge in [0.05, 0.1) is 27.7 Å². The highest BCUT2D eigenvalue weighted by Crippen LogP contribution is 2.25. The molecule has 0 saturated carbocycles. The van der Waals surface area contributed by atoms with Crippen LogP contribution in [0.1, 0.15) is 16.2 Å². The Morgan fingerprint density at radius 2 is 1.42 bits per heavy atom. The van der Waals surface area contributed by atoms with Crippen LogP contribution in [0.2, 0.25) is 0 Å². The number of fused-ring (bicyclic) bond motifs is 2. The van der Waals surface area contributed by atoms with Gasteiger partial charge < -0.3 is 0 Å². The van der Waals surface area contributed by atoms with Gasteiger partial charge in [-0.3, -0.25) is 15.0 Å². The second kappa shape index (κ2) is 7.50. The summed E-state index contributed by atoms with van der Waals surface area (Å²) in [4.78, 5) is 35.4. The zero-order valence-corrected chi connectivity index (χ0v) is 16.7. The predicted octanol–water partition coefficient (Wildman–Crippen LogP) is 4.30. The predicted molar refractivity (Wildman–Crippen MR) is 122 cm³/mol. The van der Waals surface area contributed by atoms with E-state index in [2.05, 4.69) is 10.4 Å². The van der Waals surface area contributed by atoms with E-state index >= 15 is 0 Å². The number of carbonyl (C=O) groups is 1. The second-order valence-electron chi connectivity index (χ2n) is 7.20. The molecule has 2 heterocycles. The number of hydrogen-bond donors (Lipinski definition) is 1. The van der Waals surface area contributed by atoms with Gasteiger partial charge in [0, 0.05) is 10.9 Å². The number of nitrogens with one attached hydrogen (secondary N) is 1. The van der Waals surface area contributed by atoms with Crippen LogP contribution in [0.15, 0.2) is 89.7 Å². The van der Waals surface area contributed by atoms with Crippen LogP contribution in [0.25, 0.3) is 33.1 Å². The van der Waals surface area contributed by atoms with E-state index in [-0.39, 0.29) is 5.56 Å². The summed E-state index contributed by atoms with van der Waals surface area (Å²) in [6.45, 7) is 1.69. The van der Waals surface area contributed by atoms with Gasteiger partial charge in [-0.15, -0.1) is 0 Å². The molecule has 0 unspecified atom stereocenters. The highest BCUT2D eigenvalue weighted by Gasteiger charge is 2.16. The minimum Gasteiger partial charge on any atom is -0.267 e. The van der Waals surface area contributed by atoms with Crippen LogP contribution in [-0.4, -0.2) is 20.6 Å². The molecule has 0 aliphatic rings. The third-order valence-corrected chi connectivity index (χ3v) is 5.19. The Balaban J connectivity index is 1.64. The molecule has 6 heteroatoms. The number of aryl methyl sites for hydroxylation is 1. The van der Waals surface area contributed by atoms with Crippen LogP contribution in [0.4, 0.5) is 0 Å². The van der Waals surface area contributed by atoms with Crippen molar-refractivity contribution < 1.29 is 4.79 Å². The van der Waals surface area contributed by atoms with Crippen LogP contribution < -0.4 is 11.0 Å². The molecule has 31 heavy (non-hydrogen) atoms. The maximum absolute atomic E-state index is 13.3. The smallest absolute Gasteiger partial charge is 0.267 e. The largest absolute Gasteiger partial charge is 0.280 e. The van der Waals surface area contributed by atoms with E-state index in [1.165, 1.54) is 4.68 Å². The van der Waals surface area contributed by atoms with Crippen molar-refractivity contribution in [3.63, 3.8) is 0 Å². The van der Waals surface area contributed by atoms with E-state index in [0.29, 0.717) is 38.9 Å². The van der Waals surface area contributed by atoms with Gasteiger partial charge in [0.1, 0.15) is 5.82 Å². The minimum absolute atomic E-state index is 0.321. The number of pyridine rings is 1. The number of nitrogens with zero attached hydrogens (tertiary/aromatic N) is 3. The number of hydrogen-bond acceptors (Lipinski definition) is 4. The maximum Gasteiger partial charge on any atom is 0.280 e. The van der Waals surface area contributed by atoms with E-state index in [0.717, 1.165) is 5.56 Å². The minimum atomic E-state index is -0.405. The summed E-state index contributed by atoms with van der Waals surface area (Å²) >= 11 is 0. The fourth-order valence-corrected chi connectivity index (χ4v) is 3.66. The summed E-state index contributed by atoms with van der Waals surface area (Å²) in [6, 6.07) is 26.0. The molecule has 0 radical (unpaired) electrons. The Hall–Kier alpha value is -4.32. The monoisotopic (exact) mass is 406 g/mol. The molecule has 150 valence electrons. The molecule has 1 amide bonds. The number of benzene rings is 3. The van der Waals surface area contributed by atoms with Gasteiger partial charge in [-0.25, -0.2) is 14.6 Å². The third kappa shape index (κ3) is 3.34. The zero-order valence-electron chi connectivity index (χ0n) is 16.7. The molecule has 0 aliphatic heterocycles. The van der Waals surface area contributed by atoms with Gasteiger partial charge in [-0.1, -0.05) is 60.7 Å². The fraction of sp³-hybridized carbons (Fsp3) is 0.0400. The van der Waals surface area contributed by atoms with Crippen molar-refractivity contribution in [3.8, 4) is 11.3 Å². The van der Waals surface area contributed by atoms with Gasteiger partial charge in [0.15, 0.2) is 0 Å². The lowest BCUT2D eigenvalue weighted by Crippen LogP contribution is -2.35. The molecule has 2 aromatic heterocycles. The van der Waals surface area contributed by atoms with Crippen molar-refractivity contribution in [1.82, 2.24) is 14.6 Å². The summed E-state index contributed by atoms with van der Waals surface area (Å²) in [7, 11) is 0. The van der Waals surface area contributed by atoms with E-state index in [1.807, 2.05) is 60.7 Å². The molecule has 6 nitrogen and oxygen atoms in total. The molecule has 5 aromatic rings. The second-order valence-corrected chi connectivity index (χ2v) is 7.20. The molecule has 0 fully saturated rings. The van der Waals surface area contributed by atoms with Crippen LogP contribution in [0.5, 0.6) is 0 Å². The van der Waals surface area contributed by atoms with Crippen LogP contribution in [-0.2, 0) is 0 Å². The molecule has 0 bridgehead atoms. The topological polar surface area (TPSA) is 76.9 Å². The highest BCUT2D eigenvalue weighted by atomic mass is 16.2. The van der Waals surface area contributed by atoms with E-state index in [9.17, 15) is 9.59 Å².